The number of sulfone groups is 1. The van der Waals surface area contributed by atoms with Crippen LogP contribution in [0.1, 0.15) is 24.2 Å². The normalized spacial score (nSPS) is 15.2. The van der Waals surface area contributed by atoms with Crippen LogP contribution in [0.3, 0.4) is 0 Å². The van der Waals surface area contributed by atoms with Gasteiger partial charge in [0.15, 0.2) is 0 Å². The summed E-state index contributed by atoms with van der Waals surface area (Å²) in [5.74, 6) is 0.692. The van der Waals surface area contributed by atoms with Gasteiger partial charge in [0.2, 0.25) is 0 Å². The first kappa shape index (κ1) is 16.8. The maximum absolute atomic E-state index is 11.2. The molecule has 0 bridgehead atoms. The van der Waals surface area contributed by atoms with E-state index in [0.29, 0.717) is 10.8 Å². The van der Waals surface area contributed by atoms with Crippen LogP contribution in [-0.4, -0.2) is 32.2 Å². The molecule has 2 unspecified atom stereocenters. The van der Waals surface area contributed by atoms with E-state index in [2.05, 4.69) is 0 Å². The molecule has 6 heteroatoms. The highest BCUT2D eigenvalue weighted by Crippen LogP contribution is 2.36. The van der Waals surface area contributed by atoms with Crippen LogP contribution in [0.25, 0.3) is 0 Å². The molecule has 108 valence electrons. The number of nitrogens with two attached hydrogens (primary N) is 1. The molecule has 0 aliphatic heterocycles. The van der Waals surface area contributed by atoms with E-state index in [-0.39, 0.29) is 17.0 Å². The van der Waals surface area contributed by atoms with Crippen molar-refractivity contribution in [3.05, 3.63) is 34.9 Å². The molecule has 1 rings (SSSR count). The molecular formula is C13H20ClNO2S2. The molecule has 0 radical (unpaired) electrons. The van der Waals surface area contributed by atoms with E-state index in [1.54, 1.807) is 11.8 Å². The van der Waals surface area contributed by atoms with Gasteiger partial charge >= 0.3 is 0 Å². The average Bonchev–Trinajstić information content (AvgIpc) is 2.34. The van der Waals surface area contributed by atoms with Crippen LogP contribution in [0.4, 0.5) is 0 Å². The Labute approximate surface area is 124 Å². The third kappa shape index (κ3) is 5.73. The van der Waals surface area contributed by atoms with Crippen LogP contribution in [0.15, 0.2) is 24.3 Å². The zero-order valence-electron chi connectivity index (χ0n) is 11.2. The van der Waals surface area contributed by atoms with Gasteiger partial charge in [-0.3, -0.25) is 0 Å². The molecule has 0 fully saturated rings. The van der Waals surface area contributed by atoms with Gasteiger partial charge in [0.1, 0.15) is 9.84 Å². The lowest BCUT2D eigenvalue weighted by Gasteiger charge is -2.23. The molecule has 3 nitrogen and oxygen atoms in total. The minimum atomic E-state index is -2.94. The van der Waals surface area contributed by atoms with Crippen molar-refractivity contribution in [3.63, 3.8) is 0 Å². The van der Waals surface area contributed by atoms with Crippen molar-refractivity contribution in [2.45, 2.75) is 24.6 Å². The third-order valence-electron chi connectivity index (χ3n) is 2.82. The Morgan fingerprint density at radius 1 is 1.37 bits per heavy atom. The summed E-state index contributed by atoms with van der Waals surface area (Å²) in [5, 5.41) is 0.712. The maximum atomic E-state index is 11.2. The third-order valence-corrected chi connectivity index (χ3v) is 5.77. The Morgan fingerprint density at radius 3 is 2.53 bits per heavy atom. The van der Waals surface area contributed by atoms with E-state index >= 15 is 0 Å². The molecule has 0 aliphatic rings. The lowest BCUT2D eigenvalue weighted by molar-refractivity contribution is 0.603. The van der Waals surface area contributed by atoms with E-state index in [1.807, 2.05) is 31.2 Å². The molecule has 0 aliphatic carbocycles. The Morgan fingerprint density at radius 2 is 2.00 bits per heavy atom. The highest BCUT2D eigenvalue weighted by molar-refractivity contribution is 8.00. The largest absolute Gasteiger partial charge is 0.326 e. The van der Waals surface area contributed by atoms with Crippen LogP contribution in [0, 0.1) is 0 Å². The van der Waals surface area contributed by atoms with Crippen LogP contribution < -0.4 is 5.73 Å². The summed E-state index contributed by atoms with van der Waals surface area (Å²) in [6.45, 7) is 2.02. The second-order valence-corrected chi connectivity index (χ2v) is 8.43. The molecule has 0 saturated heterocycles. The van der Waals surface area contributed by atoms with Gasteiger partial charge in [-0.1, -0.05) is 36.7 Å². The molecular weight excluding hydrogens is 302 g/mol. The molecule has 0 saturated carbocycles. The highest BCUT2D eigenvalue weighted by Gasteiger charge is 2.21. The molecule has 0 heterocycles. The average molecular weight is 322 g/mol. The zero-order chi connectivity index (χ0) is 14.5. The van der Waals surface area contributed by atoms with Gasteiger partial charge in [0.05, 0.1) is 5.75 Å². The minimum absolute atomic E-state index is 0.0282. The second kappa shape index (κ2) is 7.53. The quantitative estimate of drug-likeness (QED) is 0.839. The summed E-state index contributed by atoms with van der Waals surface area (Å²) in [7, 11) is -2.94. The minimum Gasteiger partial charge on any atom is -0.326 e. The van der Waals surface area contributed by atoms with E-state index < -0.39 is 9.84 Å². The Kier molecular flexibility index (Phi) is 6.66. The van der Waals surface area contributed by atoms with E-state index in [0.717, 1.165) is 12.0 Å². The molecule has 0 spiro atoms. The number of thioether (sulfide) groups is 1. The Bertz CT molecular complexity index is 505. The van der Waals surface area contributed by atoms with Gasteiger partial charge < -0.3 is 5.73 Å². The fraction of sp³-hybridized carbons (Fsp3) is 0.538. The summed E-state index contributed by atoms with van der Waals surface area (Å²) in [6, 6.07) is 7.55. The number of hydrogen-bond donors (Lipinski definition) is 1. The molecule has 0 aromatic heterocycles. The molecule has 2 atom stereocenters. The lowest BCUT2D eigenvalue weighted by Crippen LogP contribution is -2.26. The topological polar surface area (TPSA) is 60.2 Å². The fourth-order valence-corrected chi connectivity index (χ4v) is 4.68. The Hall–Kier alpha value is -0.230. The summed E-state index contributed by atoms with van der Waals surface area (Å²) in [5.41, 5.74) is 7.12. The van der Waals surface area contributed by atoms with Crippen molar-refractivity contribution >= 4 is 33.2 Å². The number of hydrogen-bond acceptors (Lipinski definition) is 4. The van der Waals surface area contributed by atoms with E-state index in [1.165, 1.54) is 6.26 Å². The van der Waals surface area contributed by atoms with Gasteiger partial charge in [-0.2, -0.15) is 11.8 Å². The Balaban J connectivity index is 2.82. The van der Waals surface area contributed by atoms with Gasteiger partial charge in [0.25, 0.3) is 0 Å². The van der Waals surface area contributed by atoms with E-state index in [4.69, 9.17) is 17.3 Å². The summed E-state index contributed by atoms with van der Waals surface area (Å²) in [6.07, 6.45) is 2.07. The van der Waals surface area contributed by atoms with Crippen molar-refractivity contribution in [2.24, 2.45) is 5.73 Å². The first-order valence-electron chi connectivity index (χ1n) is 6.14. The van der Waals surface area contributed by atoms with Crippen molar-refractivity contribution in [3.8, 4) is 0 Å². The first-order chi connectivity index (χ1) is 8.85. The zero-order valence-corrected chi connectivity index (χ0v) is 13.6. The van der Waals surface area contributed by atoms with Gasteiger partial charge in [0, 0.05) is 28.3 Å². The molecule has 1 aromatic rings. The predicted octanol–water partition coefficient (Wildman–Crippen LogP) is 2.90. The smallest absolute Gasteiger partial charge is 0.148 e. The summed E-state index contributed by atoms with van der Waals surface area (Å²) >= 11 is 7.76. The van der Waals surface area contributed by atoms with Crippen molar-refractivity contribution < 1.29 is 8.42 Å². The molecule has 1 aromatic carbocycles. The maximum Gasteiger partial charge on any atom is 0.148 e. The first-order valence-corrected chi connectivity index (χ1v) is 9.63. The fourth-order valence-electron chi connectivity index (χ4n) is 1.69. The predicted molar refractivity (Wildman–Crippen MR) is 84.6 cm³/mol. The summed E-state index contributed by atoms with van der Waals surface area (Å²) in [4.78, 5) is 0. The molecule has 0 amide bonds. The van der Waals surface area contributed by atoms with Crippen molar-refractivity contribution in [1.29, 1.82) is 0 Å². The monoisotopic (exact) mass is 321 g/mol. The number of rotatable bonds is 7. The van der Waals surface area contributed by atoms with Crippen LogP contribution in [0.2, 0.25) is 5.02 Å². The molecule has 2 N–H and O–H groups in total. The molecule has 19 heavy (non-hydrogen) atoms. The number of benzene rings is 1. The van der Waals surface area contributed by atoms with Crippen molar-refractivity contribution in [2.75, 3.05) is 17.8 Å². The standard InChI is InChI=1S/C13H20ClNO2S2/c1-3-12(15)13(18-8-9-19(2,16)17)10-6-4-5-7-11(10)14/h4-7,12-13H,3,8-9,15H2,1-2H3. The summed E-state index contributed by atoms with van der Waals surface area (Å²) < 4.78 is 22.4. The van der Waals surface area contributed by atoms with Crippen molar-refractivity contribution in [1.82, 2.24) is 0 Å². The SMILES string of the molecule is CCC(N)C(SCCS(C)(=O)=O)c1ccccc1Cl. The van der Waals surface area contributed by atoms with Gasteiger partial charge in [-0.15, -0.1) is 0 Å². The van der Waals surface area contributed by atoms with Gasteiger partial charge in [-0.25, -0.2) is 8.42 Å². The lowest BCUT2D eigenvalue weighted by atomic mass is 10.0. The van der Waals surface area contributed by atoms with Gasteiger partial charge in [-0.05, 0) is 18.1 Å². The highest BCUT2D eigenvalue weighted by atomic mass is 35.5. The van der Waals surface area contributed by atoms with Crippen LogP contribution in [0.5, 0.6) is 0 Å². The number of halogens is 1. The second-order valence-electron chi connectivity index (χ2n) is 4.51. The van der Waals surface area contributed by atoms with Crippen LogP contribution in [-0.2, 0) is 9.84 Å². The van der Waals surface area contributed by atoms with E-state index in [9.17, 15) is 8.42 Å². The van der Waals surface area contributed by atoms with Crippen LogP contribution >= 0.6 is 23.4 Å².